The molecule has 226 valence electrons. The van der Waals surface area contributed by atoms with E-state index in [1.807, 2.05) is 16.7 Å². The number of nitriles is 1. The van der Waals surface area contributed by atoms with Crippen LogP contribution in [0, 0.1) is 23.2 Å². The minimum Gasteiger partial charge on any atom is -0.495 e. The molecule has 2 aromatic carbocycles. The van der Waals surface area contributed by atoms with Gasteiger partial charge in [-0.25, -0.2) is 0 Å². The summed E-state index contributed by atoms with van der Waals surface area (Å²) in [5.41, 5.74) is 4.34. The number of nitrogens with one attached hydrogen (secondary N) is 3. The highest BCUT2D eigenvalue weighted by Gasteiger charge is 2.42. The maximum Gasteiger partial charge on any atom is 0.251 e. The predicted octanol–water partition coefficient (Wildman–Crippen LogP) is 5.20. The number of alkyl halides is 1. The molecule has 0 spiro atoms. The molecule has 0 unspecified atom stereocenters. The van der Waals surface area contributed by atoms with E-state index in [2.05, 4.69) is 86.5 Å². The summed E-state index contributed by atoms with van der Waals surface area (Å²) in [6.07, 6.45) is 4.42. The Balaban J connectivity index is 1.32. The van der Waals surface area contributed by atoms with E-state index in [-0.39, 0.29) is 21.5 Å². The molecule has 1 aliphatic heterocycles. The number of nitrogens with zero attached hydrogens (tertiary/aromatic N) is 3. The number of fused-ring (bicyclic) bond motifs is 1. The predicted molar refractivity (Wildman–Crippen MR) is 179 cm³/mol. The van der Waals surface area contributed by atoms with E-state index in [1.165, 1.54) is 0 Å². The van der Waals surface area contributed by atoms with Gasteiger partial charge in [0.1, 0.15) is 12.3 Å². The van der Waals surface area contributed by atoms with Crippen molar-refractivity contribution >= 4 is 50.8 Å². The van der Waals surface area contributed by atoms with Crippen molar-refractivity contribution in [2.75, 3.05) is 57.6 Å². The lowest BCUT2D eigenvalue weighted by Gasteiger charge is -2.49. The molecule has 10 heteroatoms. The standard InChI is InChI=1S/C33H39IN6O3/c1-32(39-18-20-43-21-19-39)11-13-33(34,14-12-32)38-27-7-4-8-29-26(27)23-25(40(29)17-15-35)6-5-16-37-28-10-9-24(31(41)36-2)22-30(28)42-3/h4,7-10,22-23,37-38H,11-14,16-21H2,1-3H3,(H,36,41). The molecule has 5 rings (SSSR count). The fourth-order valence-corrected chi connectivity index (χ4v) is 6.94. The van der Waals surface area contributed by atoms with Crippen LogP contribution in [-0.4, -0.2) is 71.5 Å². The number of carbonyl (C=O) groups excluding carboxylic acids is 1. The molecule has 2 aliphatic rings. The average Bonchev–Trinajstić information content (AvgIpc) is 3.39. The van der Waals surface area contributed by atoms with E-state index < -0.39 is 0 Å². The first-order valence-electron chi connectivity index (χ1n) is 14.7. The van der Waals surface area contributed by atoms with Gasteiger partial charge in [0, 0.05) is 42.3 Å². The molecule has 0 radical (unpaired) electrons. The van der Waals surface area contributed by atoms with Crippen molar-refractivity contribution in [2.45, 2.75) is 48.2 Å². The number of hydrogen-bond acceptors (Lipinski definition) is 7. The Bertz CT molecular complexity index is 1570. The average molecular weight is 695 g/mol. The van der Waals surface area contributed by atoms with E-state index in [0.717, 1.165) is 80.0 Å². The monoisotopic (exact) mass is 694 g/mol. The molecular formula is C33H39IN6O3. The number of anilines is 2. The zero-order valence-electron chi connectivity index (χ0n) is 25.1. The van der Waals surface area contributed by atoms with Crippen LogP contribution >= 0.6 is 22.6 Å². The summed E-state index contributed by atoms with van der Waals surface area (Å²) in [6.45, 7) is 6.67. The van der Waals surface area contributed by atoms with E-state index in [9.17, 15) is 10.1 Å². The topological polar surface area (TPSA) is 104 Å². The molecule has 0 atom stereocenters. The lowest BCUT2D eigenvalue weighted by atomic mass is 9.79. The summed E-state index contributed by atoms with van der Waals surface area (Å²) in [5.74, 6) is 6.86. The molecule has 1 aromatic heterocycles. The summed E-state index contributed by atoms with van der Waals surface area (Å²) >= 11 is 2.61. The van der Waals surface area contributed by atoms with Crippen LogP contribution in [-0.2, 0) is 11.3 Å². The number of aromatic nitrogens is 1. The highest BCUT2D eigenvalue weighted by Crippen LogP contribution is 2.45. The highest BCUT2D eigenvalue weighted by molar-refractivity contribution is 14.1. The first-order chi connectivity index (χ1) is 20.8. The van der Waals surface area contributed by atoms with Gasteiger partial charge in [0.05, 0.1) is 53.4 Å². The van der Waals surface area contributed by atoms with Crippen molar-refractivity contribution in [3.05, 3.63) is 53.7 Å². The second-order valence-electron chi connectivity index (χ2n) is 11.3. The third-order valence-corrected chi connectivity index (χ3v) is 10.1. The fourth-order valence-electron chi connectivity index (χ4n) is 6.11. The van der Waals surface area contributed by atoms with Crippen molar-refractivity contribution in [3.63, 3.8) is 0 Å². The van der Waals surface area contributed by atoms with E-state index in [4.69, 9.17) is 9.47 Å². The number of morpholine rings is 1. The lowest BCUT2D eigenvalue weighted by molar-refractivity contribution is -0.0311. The fraction of sp³-hybridized carbons (Fsp3) is 0.455. The van der Waals surface area contributed by atoms with Gasteiger partial charge in [-0.1, -0.05) is 34.6 Å². The van der Waals surface area contributed by atoms with Crippen LogP contribution < -0.4 is 20.7 Å². The number of ether oxygens (including phenoxy) is 2. The smallest absolute Gasteiger partial charge is 0.251 e. The van der Waals surface area contributed by atoms with Crippen LogP contribution in [0.2, 0.25) is 0 Å². The van der Waals surface area contributed by atoms with Gasteiger partial charge >= 0.3 is 0 Å². The molecule has 1 aliphatic carbocycles. The van der Waals surface area contributed by atoms with Crippen molar-refractivity contribution in [1.29, 1.82) is 5.26 Å². The third kappa shape index (κ3) is 6.87. The molecule has 1 saturated heterocycles. The number of hydrogen-bond donors (Lipinski definition) is 3. The third-order valence-electron chi connectivity index (χ3n) is 8.70. The van der Waals surface area contributed by atoms with Crippen molar-refractivity contribution in [3.8, 4) is 23.7 Å². The van der Waals surface area contributed by atoms with Gasteiger partial charge in [0.15, 0.2) is 0 Å². The van der Waals surface area contributed by atoms with Gasteiger partial charge < -0.3 is 30.0 Å². The SMILES string of the molecule is CNC(=O)c1ccc(NCC#Cc2cc3c(NC4(I)CCC(C)(N5CCOCC5)CC4)cccc3n2CC#N)c(OC)c1. The van der Waals surface area contributed by atoms with E-state index in [0.29, 0.717) is 17.9 Å². The summed E-state index contributed by atoms with van der Waals surface area (Å²) in [7, 11) is 3.17. The minimum atomic E-state index is -0.174. The molecule has 3 aromatic rings. The molecule has 9 nitrogen and oxygen atoms in total. The van der Waals surface area contributed by atoms with E-state index in [1.54, 1.807) is 26.3 Å². The quantitative estimate of drug-likeness (QED) is 0.129. The van der Waals surface area contributed by atoms with Crippen molar-refractivity contribution in [1.82, 2.24) is 14.8 Å². The normalized spacial score (nSPS) is 22.2. The summed E-state index contributed by atoms with van der Waals surface area (Å²) in [6, 6.07) is 15.9. The molecule has 2 fully saturated rings. The zero-order chi connectivity index (χ0) is 30.5. The summed E-state index contributed by atoms with van der Waals surface area (Å²) < 4.78 is 13.0. The van der Waals surface area contributed by atoms with E-state index >= 15 is 0 Å². The Morgan fingerprint density at radius 1 is 1.12 bits per heavy atom. The van der Waals surface area contributed by atoms with Crippen LogP contribution in [0.15, 0.2) is 42.5 Å². The Labute approximate surface area is 267 Å². The number of methoxy groups -OCH3 is 1. The van der Waals surface area contributed by atoms with Crippen LogP contribution in [0.3, 0.4) is 0 Å². The Morgan fingerprint density at radius 3 is 2.58 bits per heavy atom. The van der Waals surface area contributed by atoms with Gasteiger partial charge in [0.25, 0.3) is 5.91 Å². The largest absolute Gasteiger partial charge is 0.495 e. The molecule has 2 heterocycles. The first kappa shape index (κ1) is 31.0. The van der Waals surface area contributed by atoms with Gasteiger partial charge in [0.2, 0.25) is 0 Å². The maximum atomic E-state index is 12.0. The molecule has 0 bridgehead atoms. The molecule has 1 saturated carbocycles. The Hall–Kier alpha value is -3.45. The van der Waals surface area contributed by atoms with Crippen LogP contribution in [0.1, 0.15) is 48.7 Å². The first-order valence-corrected chi connectivity index (χ1v) is 15.8. The van der Waals surface area contributed by atoms with Gasteiger partial charge in [-0.3, -0.25) is 9.69 Å². The number of carbonyl (C=O) groups is 1. The molecular weight excluding hydrogens is 655 g/mol. The van der Waals surface area contributed by atoms with Crippen LogP contribution in [0.4, 0.5) is 11.4 Å². The van der Waals surface area contributed by atoms with Gasteiger partial charge in [-0.15, -0.1) is 0 Å². The second kappa shape index (κ2) is 13.5. The minimum absolute atomic E-state index is 0.0443. The number of amides is 1. The van der Waals surface area contributed by atoms with Crippen LogP contribution in [0.5, 0.6) is 5.75 Å². The highest BCUT2D eigenvalue weighted by atomic mass is 127. The molecule has 43 heavy (non-hydrogen) atoms. The number of rotatable bonds is 8. The van der Waals surface area contributed by atoms with Gasteiger partial charge in [-0.05, 0) is 74.9 Å². The lowest BCUT2D eigenvalue weighted by Crippen LogP contribution is -2.55. The molecule has 1 amide bonds. The van der Waals surface area contributed by atoms with Crippen molar-refractivity contribution < 1.29 is 14.3 Å². The summed E-state index contributed by atoms with van der Waals surface area (Å²) in [4.78, 5) is 14.6. The maximum absolute atomic E-state index is 12.0. The molecule has 3 N–H and O–H groups in total. The second-order valence-corrected chi connectivity index (χ2v) is 13.4. The number of halogens is 1. The van der Waals surface area contributed by atoms with Crippen LogP contribution in [0.25, 0.3) is 10.9 Å². The zero-order valence-corrected chi connectivity index (χ0v) is 27.2. The van der Waals surface area contributed by atoms with Gasteiger partial charge in [-0.2, -0.15) is 5.26 Å². The Kier molecular flexibility index (Phi) is 9.70. The van der Waals surface area contributed by atoms with Crippen molar-refractivity contribution in [2.24, 2.45) is 0 Å². The summed E-state index contributed by atoms with van der Waals surface area (Å²) in [5, 5.41) is 20.5. The Morgan fingerprint density at radius 2 is 1.88 bits per heavy atom. The number of benzene rings is 2.